The van der Waals surface area contributed by atoms with Crippen LogP contribution >= 0.6 is 7.82 Å². The largest absolute Gasteiger partial charge is 0.472 e. The summed E-state index contributed by atoms with van der Waals surface area (Å²) in [5.41, 5.74) is 0. The van der Waals surface area contributed by atoms with E-state index in [0.717, 1.165) is 44.9 Å². The monoisotopic (exact) mass is 887 g/mol. The molecule has 0 amide bonds. The first-order valence-corrected chi connectivity index (χ1v) is 24.9. The Kier molecular flexibility index (Phi) is 34.7. The fraction of sp³-hybridized carbons (Fsp3) is 0.787. The van der Waals surface area contributed by atoms with Crippen molar-refractivity contribution >= 4 is 19.8 Å². The minimum atomic E-state index is -5.13. The minimum absolute atomic E-state index is 0.0213. The van der Waals surface area contributed by atoms with E-state index in [1.54, 1.807) is 0 Å². The number of carbonyl (C=O) groups is 2. The van der Waals surface area contributed by atoms with Gasteiger partial charge in [0.2, 0.25) is 0 Å². The van der Waals surface area contributed by atoms with Crippen LogP contribution in [0.5, 0.6) is 0 Å². The highest BCUT2D eigenvalue weighted by Crippen LogP contribution is 2.47. The van der Waals surface area contributed by atoms with Crippen molar-refractivity contribution in [1.82, 2.24) is 0 Å². The van der Waals surface area contributed by atoms with E-state index in [1.807, 2.05) is 12.2 Å². The van der Waals surface area contributed by atoms with Gasteiger partial charge in [-0.15, -0.1) is 0 Å². The van der Waals surface area contributed by atoms with Gasteiger partial charge in [0.05, 0.1) is 6.61 Å². The Morgan fingerprint density at radius 1 is 0.508 bits per heavy atom. The molecule has 61 heavy (non-hydrogen) atoms. The Balaban J connectivity index is 2.50. The quantitative estimate of drug-likeness (QED) is 0.0148. The van der Waals surface area contributed by atoms with Crippen LogP contribution in [-0.4, -0.2) is 98.3 Å². The van der Waals surface area contributed by atoms with Gasteiger partial charge in [-0.3, -0.25) is 18.6 Å². The molecule has 6 N–H and O–H groups in total. The standard InChI is InChI=1S/C47H83O13P/c1-3-5-7-9-11-13-15-17-19-20-22-24-26-28-30-32-34-36-41(49)59-39(38-58-61(55,56)60-47-45(53)43(51)42(50)44(52)46(47)54)37-57-40(48)35-33-31-29-27-25-23-21-18-16-14-12-10-8-6-4-2/h11,13,17,19,22,24,28,30,39,42-47,50-54H,3-10,12,14-16,18,20-21,23,25-27,29,31-38H2,1-2H3,(H,55,56)/b13-11-,19-17-,24-22-,30-28-/t39-,42?,43+,44+,45-,46+,47?/m1/s1. The summed E-state index contributed by atoms with van der Waals surface area (Å²) in [7, 11) is -5.13. The number of hydrogen-bond acceptors (Lipinski definition) is 12. The summed E-state index contributed by atoms with van der Waals surface area (Å²) in [6, 6.07) is 0. The molecule has 0 aromatic rings. The molecular formula is C47H83O13P. The zero-order valence-corrected chi connectivity index (χ0v) is 38.3. The number of rotatable bonds is 38. The van der Waals surface area contributed by atoms with E-state index in [4.69, 9.17) is 18.5 Å². The lowest BCUT2D eigenvalue weighted by atomic mass is 9.85. The highest BCUT2D eigenvalue weighted by molar-refractivity contribution is 7.47. The molecule has 13 nitrogen and oxygen atoms in total. The smallest absolute Gasteiger partial charge is 0.462 e. The molecule has 1 rings (SSSR count). The minimum Gasteiger partial charge on any atom is -0.462 e. The van der Waals surface area contributed by atoms with E-state index in [2.05, 4.69) is 50.3 Å². The Morgan fingerprint density at radius 2 is 0.902 bits per heavy atom. The summed E-state index contributed by atoms with van der Waals surface area (Å²) >= 11 is 0. The summed E-state index contributed by atoms with van der Waals surface area (Å²) in [6.07, 6.45) is 30.3. The van der Waals surface area contributed by atoms with Crippen molar-refractivity contribution in [3.8, 4) is 0 Å². The van der Waals surface area contributed by atoms with Crippen LogP contribution < -0.4 is 0 Å². The first-order valence-electron chi connectivity index (χ1n) is 23.4. The van der Waals surface area contributed by atoms with Crippen molar-refractivity contribution in [3.05, 3.63) is 48.6 Å². The number of esters is 2. The molecule has 8 atom stereocenters. The number of aliphatic hydroxyl groups is 5. The summed E-state index contributed by atoms with van der Waals surface area (Å²) in [5.74, 6) is -1.16. The number of phosphoric ester groups is 1. The first-order chi connectivity index (χ1) is 29.4. The SMILES string of the molecule is CCCCC/C=C\C/C=C\C/C=C\C/C=C\CCCC(=O)O[C@H](COC(=O)CCCCCCCCCCCCCCCCC)COP(=O)(O)OC1[C@@H](O)[C@@H](O)C(O)[C@H](O)[C@H]1O. The number of allylic oxidation sites excluding steroid dienone is 8. The molecule has 354 valence electrons. The van der Waals surface area contributed by atoms with Gasteiger partial charge in [0.15, 0.2) is 6.10 Å². The summed E-state index contributed by atoms with van der Waals surface area (Å²) in [6.45, 7) is 3.23. The van der Waals surface area contributed by atoms with Gasteiger partial charge < -0.3 is 39.9 Å². The molecule has 14 heteroatoms. The van der Waals surface area contributed by atoms with Gasteiger partial charge in [-0.05, 0) is 51.4 Å². The molecule has 0 heterocycles. The lowest BCUT2D eigenvalue weighted by molar-refractivity contribution is -0.220. The van der Waals surface area contributed by atoms with Crippen LogP contribution in [0.4, 0.5) is 0 Å². The van der Waals surface area contributed by atoms with Crippen LogP contribution in [0, 0.1) is 0 Å². The van der Waals surface area contributed by atoms with E-state index >= 15 is 0 Å². The lowest BCUT2D eigenvalue weighted by Crippen LogP contribution is -2.64. The van der Waals surface area contributed by atoms with Crippen molar-refractivity contribution in [1.29, 1.82) is 0 Å². The van der Waals surface area contributed by atoms with Gasteiger partial charge in [0.1, 0.15) is 43.2 Å². The Bertz CT molecular complexity index is 1250. The maximum Gasteiger partial charge on any atom is 0.472 e. The topological polar surface area (TPSA) is 210 Å². The van der Waals surface area contributed by atoms with Gasteiger partial charge in [0, 0.05) is 12.8 Å². The third-order valence-electron chi connectivity index (χ3n) is 10.7. The Morgan fingerprint density at radius 3 is 1.39 bits per heavy atom. The normalized spacial score (nSPS) is 22.4. The molecule has 0 aromatic carbocycles. The highest BCUT2D eigenvalue weighted by Gasteiger charge is 2.51. The number of aliphatic hydroxyl groups excluding tert-OH is 5. The van der Waals surface area contributed by atoms with Crippen molar-refractivity contribution in [3.63, 3.8) is 0 Å². The van der Waals surface area contributed by atoms with Crippen molar-refractivity contribution in [2.24, 2.45) is 0 Å². The molecule has 3 unspecified atom stereocenters. The lowest BCUT2D eigenvalue weighted by Gasteiger charge is -2.41. The van der Waals surface area contributed by atoms with Crippen LogP contribution in [0.15, 0.2) is 48.6 Å². The Hall–Kier alpha value is -2.19. The second-order valence-electron chi connectivity index (χ2n) is 16.3. The van der Waals surface area contributed by atoms with Gasteiger partial charge in [-0.25, -0.2) is 4.57 Å². The molecule has 1 fully saturated rings. The molecule has 0 saturated heterocycles. The summed E-state index contributed by atoms with van der Waals surface area (Å²) < 4.78 is 33.5. The zero-order chi connectivity index (χ0) is 45.0. The predicted octanol–water partition coefficient (Wildman–Crippen LogP) is 9.17. The number of ether oxygens (including phenoxy) is 2. The highest BCUT2D eigenvalue weighted by atomic mass is 31.2. The van der Waals surface area contributed by atoms with Crippen LogP contribution in [0.3, 0.4) is 0 Å². The molecular weight excluding hydrogens is 803 g/mol. The number of carbonyl (C=O) groups excluding carboxylic acids is 2. The fourth-order valence-electron chi connectivity index (χ4n) is 6.87. The number of phosphoric acid groups is 1. The second kappa shape index (κ2) is 37.2. The molecule has 0 spiro atoms. The maximum absolute atomic E-state index is 12.8. The van der Waals surface area contributed by atoms with Crippen LogP contribution in [0.25, 0.3) is 0 Å². The van der Waals surface area contributed by atoms with Crippen LogP contribution in [0.1, 0.15) is 181 Å². The molecule has 0 radical (unpaired) electrons. The molecule has 0 aliphatic heterocycles. The molecule has 1 saturated carbocycles. The fourth-order valence-corrected chi connectivity index (χ4v) is 7.84. The second-order valence-corrected chi connectivity index (χ2v) is 17.7. The van der Waals surface area contributed by atoms with Crippen molar-refractivity contribution < 1.29 is 63.1 Å². The van der Waals surface area contributed by atoms with E-state index < -0.39 is 75.7 Å². The molecule has 1 aliphatic rings. The molecule has 0 aromatic heterocycles. The van der Waals surface area contributed by atoms with Crippen LogP contribution in [0.2, 0.25) is 0 Å². The van der Waals surface area contributed by atoms with Gasteiger partial charge >= 0.3 is 19.8 Å². The number of hydrogen-bond donors (Lipinski definition) is 6. The van der Waals surface area contributed by atoms with Crippen molar-refractivity contribution in [2.45, 2.75) is 224 Å². The van der Waals surface area contributed by atoms with Gasteiger partial charge in [0.25, 0.3) is 0 Å². The van der Waals surface area contributed by atoms with Crippen molar-refractivity contribution in [2.75, 3.05) is 13.2 Å². The average molecular weight is 887 g/mol. The van der Waals surface area contributed by atoms with Gasteiger partial charge in [-0.1, -0.05) is 165 Å². The van der Waals surface area contributed by atoms with E-state index in [1.165, 1.54) is 89.9 Å². The predicted molar refractivity (Wildman–Crippen MR) is 239 cm³/mol. The van der Waals surface area contributed by atoms with Crippen LogP contribution in [-0.2, 0) is 32.7 Å². The van der Waals surface area contributed by atoms with E-state index in [9.17, 15) is 44.6 Å². The average Bonchev–Trinajstić information content (AvgIpc) is 3.24. The van der Waals surface area contributed by atoms with E-state index in [0.29, 0.717) is 19.3 Å². The molecule has 0 bridgehead atoms. The summed E-state index contributed by atoms with van der Waals surface area (Å²) in [4.78, 5) is 35.7. The third kappa shape index (κ3) is 29.7. The first kappa shape index (κ1) is 56.8. The maximum atomic E-state index is 12.8. The number of unbranched alkanes of at least 4 members (excludes halogenated alkanes) is 18. The third-order valence-corrected chi connectivity index (χ3v) is 11.7. The Labute approximate surface area is 367 Å². The summed E-state index contributed by atoms with van der Waals surface area (Å²) in [5, 5.41) is 50.1. The molecule has 1 aliphatic carbocycles. The van der Waals surface area contributed by atoms with Gasteiger partial charge in [-0.2, -0.15) is 0 Å². The van der Waals surface area contributed by atoms with E-state index in [-0.39, 0.29) is 12.8 Å². The zero-order valence-electron chi connectivity index (χ0n) is 37.4.